The van der Waals surface area contributed by atoms with Crippen molar-refractivity contribution in [3.05, 3.63) is 0 Å². The van der Waals surface area contributed by atoms with Crippen molar-refractivity contribution in [2.75, 3.05) is 39.3 Å². The van der Waals surface area contributed by atoms with Gasteiger partial charge in [-0.3, -0.25) is 4.79 Å². The fourth-order valence-corrected chi connectivity index (χ4v) is 4.10. The van der Waals surface area contributed by atoms with E-state index in [0.717, 1.165) is 19.4 Å². The number of rotatable bonds is 8. The maximum Gasteiger partial charge on any atom is 0.306 e. The van der Waals surface area contributed by atoms with Crippen molar-refractivity contribution in [3.8, 4) is 0 Å². The molecule has 0 radical (unpaired) electrons. The first kappa shape index (κ1) is 15.4. The zero-order valence-corrected chi connectivity index (χ0v) is 12.3. The monoisotopic (exact) mass is 277 g/mol. The average molecular weight is 277 g/mol. The number of hydrogen-bond acceptors (Lipinski definition) is 5. The topological polar surface area (TPSA) is 63.7 Å². The van der Waals surface area contributed by atoms with Gasteiger partial charge in [0.05, 0.1) is 25.0 Å². The predicted octanol–water partition coefficient (Wildman–Crippen LogP) is 0.696. The molecule has 0 saturated heterocycles. The number of carbonyl (C=O) groups excluding carboxylic acids is 1. The molecule has 0 bridgehead atoms. The molecule has 0 atom stereocenters. The molecule has 0 spiro atoms. The molecule has 5 nitrogen and oxygen atoms in total. The molecule has 18 heavy (non-hydrogen) atoms. The van der Waals surface area contributed by atoms with Crippen molar-refractivity contribution in [3.63, 3.8) is 0 Å². The van der Waals surface area contributed by atoms with E-state index >= 15 is 0 Å². The van der Waals surface area contributed by atoms with Crippen LogP contribution in [0.1, 0.15) is 25.7 Å². The minimum atomic E-state index is -3.06. The van der Waals surface area contributed by atoms with Crippen LogP contribution in [0.15, 0.2) is 0 Å². The first-order valence-electron chi connectivity index (χ1n) is 6.21. The number of ether oxygens (including phenoxy) is 1. The molecule has 1 fully saturated rings. The van der Waals surface area contributed by atoms with Gasteiger partial charge in [-0.05, 0) is 45.3 Å². The summed E-state index contributed by atoms with van der Waals surface area (Å²) in [5.74, 6) is 0.0207. The Morgan fingerprint density at radius 2 is 1.94 bits per heavy atom. The Hall–Kier alpha value is -0.620. The molecule has 0 aromatic carbocycles. The van der Waals surface area contributed by atoms with Gasteiger partial charge in [-0.2, -0.15) is 0 Å². The quantitative estimate of drug-likeness (QED) is 0.611. The molecule has 1 saturated carbocycles. The summed E-state index contributed by atoms with van der Waals surface area (Å²) in [6, 6.07) is 0. The lowest BCUT2D eigenvalue weighted by atomic mass is 10.1. The number of hydrogen-bond donors (Lipinski definition) is 0. The number of nitrogens with zero attached hydrogens (tertiary/aromatic N) is 1. The molecule has 0 aromatic rings. The molecule has 1 aliphatic rings. The average Bonchev–Trinajstić information content (AvgIpc) is 2.95. The van der Waals surface area contributed by atoms with Gasteiger partial charge in [0.1, 0.15) is 0 Å². The molecule has 0 unspecified atom stereocenters. The second kappa shape index (κ2) is 6.02. The van der Waals surface area contributed by atoms with E-state index in [1.165, 1.54) is 7.11 Å². The lowest BCUT2D eigenvalue weighted by Gasteiger charge is -2.14. The van der Waals surface area contributed by atoms with Crippen molar-refractivity contribution in [2.45, 2.75) is 25.7 Å². The molecular formula is C12H23NO4S. The maximum atomic E-state index is 12.0. The lowest BCUT2D eigenvalue weighted by Crippen LogP contribution is -2.25. The molecule has 0 heterocycles. The van der Waals surface area contributed by atoms with Crippen molar-refractivity contribution in [1.29, 1.82) is 0 Å². The second-order valence-electron chi connectivity index (χ2n) is 5.50. The molecule has 0 aliphatic heterocycles. The second-order valence-corrected chi connectivity index (χ2v) is 7.69. The van der Waals surface area contributed by atoms with Crippen LogP contribution in [0, 0.1) is 5.41 Å². The highest BCUT2D eigenvalue weighted by Crippen LogP contribution is 2.50. The Morgan fingerprint density at radius 1 is 1.33 bits per heavy atom. The van der Waals surface area contributed by atoms with E-state index in [4.69, 9.17) is 0 Å². The van der Waals surface area contributed by atoms with Crippen LogP contribution in [0.5, 0.6) is 0 Å². The highest BCUT2D eigenvalue weighted by atomic mass is 32.2. The number of carbonyl (C=O) groups is 1. The van der Waals surface area contributed by atoms with Gasteiger partial charge in [0.15, 0.2) is 9.84 Å². The van der Waals surface area contributed by atoms with Gasteiger partial charge in [0.25, 0.3) is 0 Å². The third-order valence-electron chi connectivity index (χ3n) is 3.29. The number of methoxy groups -OCH3 is 1. The third-order valence-corrected chi connectivity index (χ3v) is 5.25. The molecule has 0 amide bonds. The van der Waals surface area contributed by atoms with Gasteiger partial charge >= 0.3 is 5.97 Å². The van der Waals surface area contributed by atoms with Crippen LogP contribution in [0.4, 0.5) is 0 Å². The molecule has 0 aromatic heterocycles. The summed E-state index contributed by atoms with van der Waals surface area (Å²) >= 11 is 0. The Balaban J connectivity index is 2.43. The first-order valence-corrected chi connectivity index (χ1v) is 8.03. The van der Waals surface area contributed by atoms with E-state index < -0.39 is 9.84 Å². The molecule has 1 rings (SSSR count). The van der Waals surface area contributed by atoms with E-state index in [9.17, 15) is 13.2 Å². The van der Waals surface area contributed by atoms with Crippen LogP contribution in [0.25, 0.3) is 0 Å². The predicted molar refractivity (Wildman–Crippen MR) is 70.1 cm³/mol. The van der Waals surface area contributed by atoms with Crippen molar-refractivity contribution < 1.29 is 17.9 Å². The summed E-state index contributed by atoms with van der Waals surface area (Å²) in [6.07, 6.45) is 2.50. The SMILES string of the molecule is COC(=O)CC1(CS(=O)(=O)CCCN(C)C)CC1. The van der Waals surface area contributed by atoms with Gasteiger partial charge in [-0.15, -0.1) is 0 Å². The normalized spacial score (nSPS) is 17.8. The van der Waals surface area contributed by atoms with Crippen LogP contribution in [-0.2, 0) is 19.4 Å². The van der Waals surface area contributed by atoms with E-state index in [1.807, 2.05) is 19.0 Å². The van der Waals surface area contributed by atoms with Crippen molar-refractivity contribution in [2.24, 2.45) is 5.41 Å². The summed E-state index contributed by atoms with van der Waals surface area (Å²) in [6.45, 7) is 0.767. The fraction of sp³-hybridized carbons (Fsp3) is 0.917. The number of esters is 1. The Kier molecular flexibility index (Phi) is 5.16. The van der Waals surface area contributed by atoms with Crippen LogP contribution < -0.4 is 0 Å². The van der Waals surface area contributed by atoms with Gasteiger partial charge in [-0.1, -0.05) is 0 Å². The fourth-order valence-electron chi connectivity index (χ4n) is 2.07. The molecule has 1 aliphatic carbocycles. The van der Waals surface area contributed by atoms with Gasteiger partial charge in [0.2, 0.25) is 0 Å². The Labute approximate surface area is 109 Å². The zero-order valence-electron chi connectivity index (χ0n) is 11.4. The summed E-state index contributed by atoms with van der Waals surface area (Å²) in [5.41, 5.74) is -0.329. The minimum absolute atomic E-state index is 0.128. The van der Waals surface area contributed by atoms with Gasteiger partial charge in [-0.25, -0.2) is 8.42 Å². The first-order chi connectivity index (χ1) is 8.29. The highest BCUT2D eigenvalue weighted by molar-refractivity contribution is 7.91. The maximum absolute atomic E-state index is 12.0. The zero-order chi connectivity index (χ0) is 13.8. The lowest BCUT2D eigenvalue weighted by molar-refractivity contribution is -0.141. The van der Waals surface area contributed by atoms with Crippen LogP contribution in [0.3, 0.4) is 0 Å². The van der Waals surface area contributed by atoms with Crippen molar-refractivity contribution in [1.82, 2.24) is 4.90 Å². The number of sulfone groups is 1. The summed E-state index contributed by atoms with van der Waals surface area (Å²) < 4.78 is 28.5. The Bertz CT molecular complexity index is 385. The van der Waals surface area contributed by atoms with E-state index in [0.29, 0.717) is 6.42 Å². The van der Waals surface area contributed by atoms with Crippen LogP contribution in [0.2, 0.25) is 0 Å². The van der Waals surface area contributed by atoms with E-state index in [1.54, 1.807) is 0 Å². The summed E-state index contributed by atoms with van der Waals surface area (Å²) in [7, 11) is 2.12. The largest absolute Gasteiger partial charge is 0.469 e. The van der Waals surface area contributed by atoms with Gasteiger partial charge in [0, 0.05) is 0 Å². The van der Waals surface area contributed by atoms with Crippen LogP contribution in [-0.4, -0.2) is 58.5 Å². The molecule has 6 heteroatoms. The van der Waals surface area contributed by atoms with Crippen molar-refractivity contribution >= 4 is 15.8 Å². The standard InChI is InChI=1S/C12H23NO4S/c1-13(2)7-4-8-18(15,16)10-12(5-6-12)9-11(14)17-3/h4-10H2,1-3H3. The smallest absolute Gasteiger partial charge is 0.306 e. The third kappa shape index (κ3) is 5.35. The molecular weight excluding hydrogens is 254 g/mol. The Morgan fingerprint density at radius 3 is 2.39 bits per heavy atom. The molecule has 106 valence electrons. The van der Waals surface area contributed by atoms with Gasteiger partial charge < -0.3 is 9.64 Å². The highest BCUT2D eigenvalue weighted by Gasteiger charge is 2.47. The van der Waals surface area contributed by atoms with E-state index in [2.05, 4.69) is 4.74 Å². The minimum Gasteiger partial charge on any atom is -0.469 e. The van der Waals surface area contributed by atoms with E-state index in [-0.39, 0.29) is 29.3 Å². The van der Waals surface area contributed by atoms with Crippen LogP contribution >= 0.6 is 0 Å². The molecule has 0 N–H and O–H groups in total. The summed E-state index contributed by atoms with van der Waals surface area (Å²) in [5, 5.41) is 0. The summed E-state index contributed by atoms with van der Waals surface area (Å²) in [4.78, 5) is 13.2.